The van der Waals surface area contributed by atoms with Gasteiger partial charge in [-0.15, -0.1) is 10.2 Å². The van der Waals surface area contributed by atoms with Gasteiger partial charge in [-0.1, -0.05) is 23.9 Å². The van der Waals surface area contributed by atoms with Crippen LogP contribution in [0, 0.1) is 10.8 Å². The lowest BCUT2D eigenvalue weighted by atomic mass is 9.97. The number of nitrogens with zero attached hydrogens (tertiary/aromatic N) is 4. The third-order valence-electron chi connectivity index (χ3n) is 6.69. The molecule has 2 fully saturated rings. The van der Waals surface area contributed by atoms with Crippen LogP contribution in [0.2, 0.25) is 0 Å². The molecule has 2 aliphatic rings. The lowest BCUT2D eigenvalue weighted by Crippen LogP contribution is -2.23. The SMILES string of the molecule is CN/C=C(\C=N)c1nnc(SCCCN2CC[C@@]3(C[C@H]3c3ccc(C(F)(F)F)cc3)C2)n1C. The molecule has 0 radical (unpaired) electrons. The van der Waals surface area contributed by atoms with E-state index in [1.165, 1.54) is 18.3 Å². The molecule has 6 nitrogen and oxygen atoms in total. The Balaban J connectivity index is 1.23. The number of hydrogen-bond acceptors (Lipinski definition) is 6. The van der Waals surface area contributed by atoms with E-state index in [4.69, 9.17) is 5.41 Å². The van der Waals surface area contributed by atoms with Gasteiger partial charge in [0, 0.05) is 38.8 Å². The van der Waals surface area contributed by atoms with E-state index in [1.807, 2.05) is 11.6 Å². The summed E-state index contributed by atoms with van der Waals surface area (Å²) in [5.74, 6) is 1.96. The minimum Gasteiger partial charge on any atom is -0.393 e. The first-order valence-corrected chi connectivity index (χ1v) is 12.1. The average Bonchev–Trinajstić information content (AvgIpc) is 3.14. The number of aromatic nitrogens is 3. The molecule has 1 aliphatic carbocycles. The minimum absolute atomic E-state index is 0.244. The van der Waals surface area contributed by atoms with Gasteiger partial charge in [0.15, 0.2) is 11.0 Å². The van der Waals surface area contributed by atoms with E-state index in [0.717, 1.165) is 55.4 Å². The molecule has 2 heterocycles. The largest absolute Gasteiger partial charge is 0.416 e. The third-order valence-corrected chi connectivity index (χ3v) is 7.80. The van der Waals surface area contributed by atoms with Crippen molar-refractivity contribution >= 4 is 23.5 Å². The highest BCUT2D eigenvalue weighted by Gasteiger charge is 2.57. The number of allylic oxidation sites excluding steroid dienone is 1. The smallest absolute Gasteiger partial charge is 0.393 e. The predicted molar refractivity (Wildman–Crippen MR) is 124 cm³/mol. The molecule has 1 saturated carbocycles. The fourth-order valence-corrected chi connectivity index (χ4v) is 5.65. The summed E-state index contributed by atoms with van der Waals surface area (Å²) >= 11 is 1.66. The topological polar surface area (TPSA) is 69.8 Å². The molecule has 2 atom stereocenters. The number of likely N-dealkylation sites (tertiary alicyclic amines) is 1. The molecule has 1 aromatic carbocycles. The number of rotatable bonds is 9. The molecule has 2 N–H and O–H groups in total. The van der Waals surface area contributed by atoms with E-state index in [1.54, 1.807) is 37.1 Å². The summed E-state index contributed by atoms with van der Waals surface area (Å²) < 4.78 is 40.3. The van der Waals surface area contributed by atoms with Crippen LogP contribution < -0.4 is 5.32 Å². The Morgan fingerprint density at radius 2 is 2.06 bits per heavy atom. The Hall–Kier alpha value is -2.33. The first kappa shape index (κ1) is 23.8. The zero-order chi connectivity index (χ0) is 23.6. The number of alkyl halides is 3. The summed E-state index contributed by atoms with van der Waals surface area (Å²) in [5.41, 5.74) is 1.38. The Labute approximate surface area is 196 Å². The van der Waals surface area contributed by atoms with Gasteiger partial charge >= 0.3 is 6.18 Å². The second kappa shape index (κ2) is 9.50. The van der Waals surface area contributed by atoms with Crippen LogP contribution in [0.25, 0.3) is 5.57 Å². The van der Waals surface area contributed by atoms with Crippen LogP contribution in [0.4, 0.5) is 13.2 Å². The fraction of sp³-hybridized carbons (Fsp3) is 0.522. The normalized spacial score (nSPS) is 23.3. The molecule has 0 unspecified atom stereocenters. The van der Waals surface area contributed by atoms with Crippen molar-refractivity contribution in [2.45, 2.75) is 36.5 Å². The van der Waals surface area contributed by atoms with Crippen molar-refractivity contribution in [1.29, 1.82) is 5.41 Å². The van der Waals surface area contributed by atoms with Crippen LogP contribution in [0.1, 0.15) is 42.1 Å². The molecule has 4 rings (SSSR count). The molecular formula is C23H29F3N6S. The van der Waals surface area contributed by atoms with Crippen molar-refractivity contribution in [1.82, 2.24) is 25.0 Å². The van der Waals surface area contributed by atoms with Gasteiger partial charge in [-0.2, -0.15) is 13.2 Å². The fourth-order valence-electron chi connectivity index (χ4n) is 4.82. The van der Waals surface area contributed by atoms with Crippen molar-refractivity contribution in [3.63, 3.8) is 0 Å². The van der Waals surface area contributed by atoms with Gasteiger partial charge < -0.3 is 20.2 Å². The van der Waals surface area contributed by atoms with Crippen LogP contribution in [-0.2, 0) is 13.2 Å². The van der Waals surface area contributed by atoms with Gasteiger partial charge in [0.2, 0.25) is 0 Å². The standard InChI is InChI=1S/C23H29F3N6S/c1-28-14-17(13-27)20-29-30-21(31(20)2)33-11-3-9-32-10-8-22(15-32)12-19(22)16-4-6-18(7-5-16)23(24,25)26/h4-7,13-14,19,27-28H,3,8-12,15H2,1-2H3/b17-14+,27-13?/t19-,22+/m0/s1. The molecule has 2 aromatic rings. The Morgan fingerprint density at radius 1 is 1.30 bits per heavy atom. The quantitative estimate of drug-likeness (QED) is 0.318. The Morgan fingerprint density at radius 3 is 2.73 bits per heavy atom. The highest BCUT2D eigenvalue weighted by Crippen LogP contribution is 2.64. The average molecular weight is 479 g/mol. The summed E-state index contributed by atoms with van der Waals surface area (Å²) in [6.07, 6.45) is 1.92. The van der Waals surface area contributed by atoms with Crippen LogP contribution >= 0.6 is 11.8 Å². The lowest BCUT2D eigenvalue weighted by Gasteiger charge is -2.16. The first-order chi connectivity index (χ1) is 15.8. The number of halogens is 3. The van der Waals surface area contributed by atoms with Gasteiger partial charge in [-0.3, -0.25) is 0 Å². The second-order valence-corrected chi connectivity index (χ2v) is 9.93. The molecule has 33 heavy (non-hydrogen) atoms. The van der Waals surface area contributed by atoms with Crippen molar-refractivity contribution < 1.29 is 13.2 Å². The third kappa shape index (κ3) is 5.11. The minimum atomic E-state index is -4.28. The van der Waals surface area contributed by atoms with E-state index in [9.17, 15) is 13.2 Å². The van der Waals surface area contributed by atoms with Crippen molar-refractivity contribution in [2.75, 3.05) is 32.4 Å². The summed E-state index contributed by atoms with van der Waals surface area (Å²) in [4.78, 5) is 2.48. The van der Waals surface area contributed by atoms with E-state index in [2.05, 4.69) is 20.4 Å². The van der Waals surface area contributed by atoms with E-state index in [-0.39, 0.29) is 5.41 Å². The zero-order valence-corrected chi connectivity index (χ0v) is 19.6. The summed E-state index contributed by atoms with van der Waals surface area (Å²) in [6, 6.07) is 5.74. The molecule has 10 heteroatoms. The maximum absolute atomic E-state index is 12.8. The van der Waals surface area contributed by atoms with Crippen molar-refractivity contribution in [3.8, 4) is 0 Å². The molecule has 178 valence electrons. The predicted octanol–water partition coefficient (Wildman–Crippen LogP) is 4.41. The summed E-state index contributed by atoms with van der Waals surface area (Å²) in [7, 11) is 3.69. The monoisotopic (exact) mass is 478 g/mol. The first-order valence-electron chi connectivity index (χ1n) is 11.1. The van der Waals surface area contributed by atoms with Crippen LogP contribution in [0.3, 0.4) is 0 Å². The Kier molecular flexibility index (Phi) is 6.86. The molecule has 0 amide bonds. The van der Waals surface area contributed by atoms with E-state index < -0.39 is 11.7 Å². The van der Waals surface area contributed by atoms with E-state index in [0.29, 0.717) is 17.3 Å². The maximum atomic E-state index is 12.8. The van der Waals surface area contributed by atoms with Crippen molar-refractivity contribution in [2.24, 2.45) is 12.5 Å². The second-order valence-electron chi connectivity index (χ2n) is 8.86. The van der Waals surface area contributed by atoms with Gasteiger partial charge in [0.25, 0.3) is 0 Å². The van der Waals surface area contributed by atoms with Crippen molar-refractivity contribution in [3.05, 3.63) is 47.4 Å². The summed E-state index contributed by atoms with van der Waals surface area (Å²) in [6.45, 7) is 3.08. The zero-order valence-electron chi connectivity index (χ0n) is 18.8. The number of thioether (sulfide) groups is 1. The van der Waals surface area contributed by atoms with Crippen LogP contribution in [0.5, 0.6) is 0 Å². The van der Waals surface area contributed by atoms with Gasteiger partial charge in [0.05, 0.1) is 11.1 Å². The maximum Gasteiger partial charge on any atom is 0.416 e. The lowest BCUT2D eigenvalue weighted by molar-refractivity contribution is -0.137. The molecule has 1 saturated heterocycles. The molecule has 0 bridgehead atoms. The highest BCUT2D eigenvalue weighted by molar-refractivity contribution is 7.99. The van der Waals surface area contributed by atoms with Gasteiger partial charge in [0.1, 0.15) is 0 Å². The molecule has 1 aliphatic heterocycles. The number of nitrogens with one attached hydrogen (secondary N) is 2. The Bertz CT molecular complexity index is 1020. The molecular weight excluding hydrogens is 449 g/mol. The molecule has 1 spiro atoms. The van der Waals surface area contributed by atoms with Gasteiger partial charge in [-0.05, 0) is 61.4 Å². The van der Waals surface area contributed by atoms with Crippen LogP contribution in [0.15, 0.2) is 35.6 Å². The number of hydrogen-bond donors (Lipinski definition) is 2. The van der Waals surface area contributed by atoms with Gasteiger partial charge in [-0.25, -0.2) is 0 Å². The summed E-state index contributed by atoms with van der Waals surface area (Å²) in [5, 5.41) is 19.7. The van der Waals surface area contributed by atoms with E-state index >= 15 is 0 Å². The highest BCUT2D eigenvalue weighted by atomic mass is 32.2. The van der Waals surface area contributed by atoms with Crippen LogP contribution in [-0.4, -0.2) is 58.3 Å². The number of benzene rings is 1. The molecule has 1 aromatic heterocycles.